The molecule has 2 aromatic carbocycles. The van der Waals surface area contributed by atoms with Crippen LogP contribution in [0.15, 0.2) is 60.9 Å². The van der Waals surface area contributed by atoms with Crippen LogP contribution in [0.3, 0.4) is 0 Å². The molecule has 15 heteroatoms. The monoisotopic (exact) mass is 646 g/mol. The summed E-state index contributed by atoms with van der Waals surface area (Å²) in [6.07, 6.45) is 2.62. The Morgan fingerprint density at radius 2 is 1.06 bits per heavy atom. The van der Waals surface area contributed by atoms with Crippen LogP contribution in [0.1, 0.15) is 36.8 Å². The lowest BCUT2D eigenvalue weighted by molar-refractivity contribution is -0.142. The van der Waals surface area contributed by atoms with Crippen molar-refractivity contribution in [2.45, 2.75) is 62.7 Å². The van der Waals surface area contributed by atoms with Crippen molar-refractivity contribution in [1.29, 1.82) is 0 Å². The summed E-state index contributed by atoms with van der Waals surface area (Å²) in [5.41, 5.74) is 19.3. The van der Waals surface area contributed by atoms with Gasteiger partial charge in [-0.1, -0.05) is 36.4 Å². The topological polar surface area (TPSA) is 268 Å². The first-order valence-electron chi connectivity index (χ1n) is 15.0. The summed E-state index contributed by atoms with van der Waals surface area (Å²) in [6, 6.07) is 9.54. The molecule has 0 aliphatic carbocycles. The molecule has 4 rings (SSSR count). The lowest BCUT2D eigenvalue weighted by Gasteiger charge is -2.25. The number of carbonyl (C=O) groups excluding carboxylic acids is 5. The predicted molar refractivity (Wildman–Crippen MR) is 172 cm³/mol. The number of nitrogens with two attached hydrogens (primary N) is 3. The highest BCUT2D eigenvalue weighted by Gasteiger charge is 2.32. The number of hydrogen-bond acceptors (Lipinski definition) is 7. The molecule has 4 unspecified atom stereocenters. The van der Waals surface area contributed by atoms with E-state index in [0.29, 0.717) is 11.1 Å². The van der Waals surface area contributed by atoms with Crippen molar-refractivity contribution < 1.29 is 33.9 Å². The number of aromatic nitrogens is 2. The van der Waals surface area contributed by atoms with Crippen LogP contribution in [0.4, 0.5) is 0 Å². The van der Waals surface area contributed by atoms with Crippen LogP contribution < -0.4 is 33.2 Å². The molecular formula is C32H38N8O7. The van der Waals surface area contributed by atoms with Gasteiger partial charge in [0.05, 0.1) is 6.04 Å². The number of carbonyl (C=O) groups is 6. The smallest absolute Gasteiger partial charge is 0.326 e. The summed E-state index contributed by atoms with van der Waals surface area (Å²) in [4.78, 5) is 81.3. The highest BCUT2D eigenvalue weighted by molar-refractivity contribution is 5.96. The van der Waals surface area contributed by atoms with E-state index in [1.807, 2.05) is 48.5 Å². The van der Waals surface area contributed by atoms with E-state index in [4.69, 9.17) is 17.2 Å². The zero-order chi connectivity index (χ0) is 34.1. The van der Waals surface area contributed by atoms with Crippen molar-refractivity contribution in [3.8, 4) is 0 Å². The van der Waals surface area contributed by atoms with E-state index in [1.54, 1.807) is 12.4 Å². The third kappa shape index (κ3) is 9.17. The van der Waals surface area contributed by atoms with Crippen LogP contribution >= 0.6 is 0 Å². The minimum Gasteiger partial charge on any atom is -0.480 e. The Kier molecular flexibility index (Phi) is 11.3. The van der Waals surface area contributed by atoms with Gasteiger partial charge in [0.1, 0.15) is 18.1 Å². The number of nitrogens with one attached hydrogen (secondary N) is 5. The van der Waals surface area contributed by atoms with Gasteiger partial charge in [-0.3, -0.25) is 24.0 Å². The second kappa shape index (κ2) is 15.5. The molecule has 5 amide bonds. The molecule has 4 atom stereocenters. The molecule has 0 aliphatic rings. The van der Waals surface area contributed by atoms with Gasteiger partial charge in [0.15, 0.2) is 0 Å². The van der Waals surface area contributed by atoms with Gasteiger partial charge in [-0.05, 0) is 36.1 Å². The van der Waals surface area contributed by atoms with Crippen LogP contribution in [0, 0.1) is 0 Å². The fourth-order valence-electron chi connectivity index (χ4n) is 5.26. The Balaban J connectivity index is 1.63. The highest BCUT2D eigenvalue weighted by atomic mass is 16.4. The lowest BCUT2D eigenvalue weighted by atomic mass is 10.0. The van der Waals surface area contributed by atoms with E-state index >= 15 is 0 Å². The van der Waals surface area contributed by atoms with E-state index < -0.39 is 59.7 Å². The standard InChI is InChI=1S/C32H38N8O7/c33-21(9-11-27(34)41)29(43)39-25(13-17-15-36-22-7-3-1-5-19(17)22)31(45)40-26(14-18-16-37-23-8-4-2-6-20(18)23)30(44)38-24(32(46)47)10-12-28(35)42/h1-8,15-16,21,24-26,36-37H,9-14,33H2,(H2,34,41)(H2,35,42)(H,38,44)(H,39,43)(H,40,45)(H,46,47). The molecule has 0 fully saturated rings. The zero-order valence-electron chi connectivity index (χ0n) is 25.5. The number of carboxylic acids is 1. The van der Waals surface area contributed by atoms with E-state index in [2.05, 4.69) is 25.9 Å². The minimum atomic E-state index is -1.46. The van der Waals surface area contributed by atoms with Gasteiger partial charge in [-0.15, -0.1) is 0 Å². The quantitative estimate of drug-likeness (QED) is 0.0741. The van der Waals surface area contributed by atoms with Gasteiger partial charge in [-0.2, -0.15) is 0 Å². The van der Waals surface area contributed by atoms with Crippen LogP contribution in [0.2, 0.25) is 0 Å². The van der Waals surface area contributed by atoms with Gasteiger partial charge in [0.2, 0.25) is 29.5 Å². The molecule has 0 saturated heterocycles. The average molecular weight is 647 g/mol. The first kappa shape index (κ1) is 34.2. The zero-order valence-corrected chi connectivity index (χ0v) is 25.5. The molecule has 248 valence electrons. The fraction of sp³-hybridized carbons (Fsp3) is 0.312. The number of fused-ring (bicyclic) bond motifs is 2. The first-order valence-corrected chi connectivity index (χ1v) is 15.0. The van der Waals surface area contributed by atoms with Crippen molar-refractivity contribution >= 4 is 57.3 Å². The summed E-state index contributed by atoms with van der Waals surface area (Å²) in [5, 5.41) is 19.0. The third-order valence-electron chi connectivity index (χ3n) is 7.80. The normalized spacial score (nSPS) is 13.7. The van der Waals surface area contributed by atoms with Gasteiger partial charge in [0.25, 0.3) is 0 Å². The third-order valence-corrected chi connectivity index (χ3v) is 7.80. The summed E-state index contributed by atoms with van der Waals surface area (Å²) in [5.74, 6) is -5.03. The molecule has 0 radical (unpaired) electrons. The molecule has 2 aromatic heterocycles. The Morgan fingerprint density at radius 1 is 0.638 bits per heavy atom. The summed E-state index contributed by atoms with van der Waals surface area (Å²) >= 11 is 0. The lowest BCUT2D eigenvalue weighted by Crippen LogP contribution is -2.58. The average Bonchev–Trinajstić information content (AvgIpc) is 3.64. The molecule has 12 N–H and O–H groups in total. The Hall–Kier alpha value is -5.70. The maximum absolute atomic E-state index is 14.0. The number of hydrogen-bond donors (Lipinski definition) is 9. The van der Waals surface area contributed by atoms with Crippen LogP contribution in [-0.4, -0.2) is 74.7 Å². The number of rotatable bonds is 17. The Labute approximate surface area is 269 Å². The van der Waals surface area contributed by atoms with Crippen LogP contribution in [0.5, 0.6) is 0 Å². The molecule has 15 nitrogen and oxygen atoms in total. The van der Waals surface area contributed by atoms with Crippen LogP contribution in [0.25, 0.3) is 21.8 Å². The number of aliphatic carboxylic acids is 1. The molecule has 0 saturated carbocycles. The maximum atomic E-state index is 14.0. The molecule has 2 heterocycles. The summed E-state index contributed by atoms with van der Waals surface area (Å²) < 4.78 is 0. The van der Waals surface area contributed by atoms with Crippen molar-refractivity contribution in [2.24, 2.45) is 17.2 Å². The Bertz CT molecular complexity index is 1780. The number of amides is 5. The molecule has 47 heavy (non-hydrogen) atoms. The number of benzene rings is 2. The second-order valence-corrected chi connectivity index (χ2v) is 11.3. The van der Waals surface area contributed by atoms with Gasteiger partial charge >= 0.3 is 5.97 Å². The molecule has 0 aliphatic heterocycles. The second-order valence-electron chi connectivity index (χ2n) is 11.3. The maximum Gasteiger partial charge on any atom is 0.326 e. The summed E-state index contributed by atoms with van der Waals surface area (Å²) in [6.45, 7) is 0. The summed E-state index contributed by atoms with van der Waals surface area (Å²) in [7, 11) is 0. The van der Waals surface area contributed by atoms with E-state index in [1.165, 1.54) is 0 Å². The molecular weight excluding hydrogens is 608 g/mol. The highest BCUT2D eigenvalue weighted by Crippen LogP contribution is 2.21. The van der Waals surface area contributed by atoms with E-state index in [-0.39, 0.29) is 38.5 Å². The van der Waals surface area contributed by atoms with E-state index in [9.17, 15) is 33.9 Å². The minimum absolute atomic E-state index is 0.00190. The molecule has 0 spiro atoms. The number of H-pyrrole nitrogens is 2. The Morgan fingerprint density at radius 3 is 1.53 bits per heavy atom. The number of aromatic amines is 2. The number of primary amides is 2. The van der Waals surface area contributed by atoms with Gasteiger partial charge in [-0.25, -0.2) is 4.79 Å². The largest absolute Gasteiger partial charge is 0.480 e. The van der Waals surface area contributed by atoms with Gasteiger partial charge in [0, 0.05) is 59.9 Å². The van der Waals surface area contributed by atoms with Crippen molar-refractivity contribution in [2.75, 3.05) is 0 Å². The SMILES string of the molecule is NC(=O)CCC(N)C(=O)NC(Cc1c[nH]c2ccccc12)C(=O)NC(Cc1c[nH]c2ccccc12)C(=O)NC(CCC(N)=O)C(=O)O. The van der Waals surface area contributed by atoms with E-state index in [0.717, 1.165) is 21.8 Å². The van der Waals surface area contributed by atoms with Crippen LogP contribution in [-0.2, 0) is 41.6 Å². The van der Waals surface area contributed by atoms with Crippen molar-refractivity contribution in [3.63, 3.8) is 0 Å². The van der Waals surface area contributed by atoms with Crippen molar-refractivity contribution in [3.05, 3.63) is 72.1 Å². The van der Waals surface area contributed by atoms with Gasteiger partial charge < -0.3 is 48.2 Å². The molecule has 0 bridgehead atoms. The molecule has 4 aromatic rings. The number of carboxylic acid groups (broad SMARTS) is 1. The number of para-hydroxylation sites is 2. The fourth-order valence-corrected chi connectivity index (χ4v) is 5.26. The predicted octanol–water partition coefficient (Wildman–Crippen LogP) is -0.168. The first-order chi connectivity index (χ1) is 22.4. The van der Waals surface area contributed by atoms with Crippen molar-refractivity contribution in [1.82, 2.24) is 25.9 Å².